The Morgan fingerprint density at radius 3 is 2.56 bits per heavy atom. The number of nitrogens with zero attached hydrogens (tertiary/aromatic N) is 1. The quantitative estimate of drug-likeness (QED) is 0.542. The third-order valence-electron chi connectivity index (χ3n) is 3.43. The van der Waals surface area contributed by atoms with Crippen LogP contribution in [0.15, 0.2) is 64.1 Å². The molecule has 7 heteroatoms. The summed E-state index contributed by atoms with van der Waals surface area (Å²) in [6, 6.07) is 14.7. The number of alkyl halides is 3. The predicted molar refractivity (Wildman–Crippen MR) is 93.7 cm³/mol. The molecule has 0 aliphatic heterocycles. The minimum absolute atomic E-state index is 0.00661. The summed E-state index contributed by atoms with van der Waals surface area (Å²) in [7, 11) is 0. The van der Waals surface area contributed by atoms with Crippen molar-refractivity contribution in [1.82, 2.24) is 0 Å². The molecule has 0 saturated heterocycles. The maximum Gasteiger partial charge on any atom is 0.573 e. The standard InChI is InChI=1S/C18H11BrF3NO2/c19-12-6-7-15(17(9-12)25-18(20,21)22)23-10-14-13-4-2-1-3-11(13)5-8-16(14)24/h1-10,24H. The lowest BCUT2D eigenvalue weighted by molar-refractivity contribution is -0.274. The Bertz CT molecular complexity index is 955. The Hall–Kier alpha value is -2.54. The molecular weight excluding hydrogens is 399 g/mol. The minimum Gasteiger partial charge on any atom is -0.507 e. The maximum absolute atomic E-state index is 12.6. The second-order valence-electron chi connectivity index (χ2n) is 5.14. The van der Waals surface area contributed by atoms with Gasteiger partial charge < -0.3 is 9.84 Å². The molecule has 0 heterocycles. The minimum atomic E-state index is -4.83. The van der Waals surface area contributed by atoms with Crippen LogP contribution in [0.2, 0.25) is 0 Å². The van der Waals surface area contributed by atoms with Gasteiger partial charge in [-0.2, -0.15) is 0 Å². The smallest absolute Gasteiger partial charge is 0.507 e. The van der Waals surface area contributed by atoms with Crippen LogP contribution in [-0.4, -0.2) is 17.7 Å². The van der Waals surface area contributed by atoms with Crippen molar-refractivity contribution in [3.05, 3.63) is 64.6 Å². The van der Waals surface area contributed by atoms with Gasteiger partial charge in [-0.15, -0.1) is 13.2 Å². The van der Waals surface area contributed by atoms with Crippen molar-refractivity contribution in [1.29, 1.82) is 0 Å². The van der Waals surface area contributed by atoms with Crippen molar-refractivity contribution in [2.75, 3.05) is 0 Å². The van der Waals surface area contributed by atoms with E-state index in [1.165, 1.54) is 24.4 Å². The first-order chi connectivity index (χ1) is 11.8. The van der Waals surface area contributed by atoms with Crippen molar-refractivity contribution in [3.8, 4) is 11.5 Å². The molecule has 0 amide bonds. The van der Waals surface area contributed by atoms with E-state index in [4.69, 9.17) is 0 Å². The highest BCUT2D eigenvalue weighted by Crippen LogP contribution is 2.35. The van der Waals surface area contributed by atoms with E-state index >= 15 is 0 Å². The van der Waals surface area contributed by atoms with Crippen LogP contribution < -0.4 is 4.74 Å². The van der Waals surface area contributed by atoms with E-state index < -0.39 is 12.1 Å². The van der Waals surface area contributed by atoms with E-state index in [2.05, 4.69) is 25.7 Å². The first-order valence-electron chi connectivity index (χ1n) is 7.13. The van der Waals surface area contributed by atoms with Crippen LogP contribution in [0.4, 0.5) is 18.9 Å². The van der Waals surface area contributed by atoms with E-state index in [-0.39, 0.29) is 11.4 Å². The zero-order valence-electron chi connectivity index (χ0n) is 12.6. The molecule has 128 valence electrons. The summed E-state index contributed by atoms with van der Waals surface area (Å²) < 4.78 is 42.1. The molecule has 0 saturated carbocycles. The van der Waals surface area contributed by atoms with Gasteiger partial charge >= 0.3 is 6.36 Å². The highest BCUT2D eigenvalue weighted by molar-refractivity contribution is 9.10. The Morgan fingerprint density at radius 1 is 1.04 bits per heavy atom. The van der Waals surface area contributed by atoms with Crippen molar-refractivity contribution >= 4 is 38.6 Å². The lowest BCUT2D eigenvalue weighted by atomic mass is 10.0. The number of aliphatic imine (C=N–C) groups is 1. The number of phenolic OH excluding ortho intramolecular Hbond substituents is 1. The number of benzene rings is 3. The molecule has 0 aliphatic rings. The van der Waals surface area contributed by atoms with Gasteiger partial charge in [0.2, 0.25) is 0 Å². The van der Waals surface area contributed by atoms with Crippen LogP contribution in [0.1, 0.15) is 5.56 Å². The zero-order chi connectivity index (χ0) is 18.0. The second kappa shape index (κ2) is 6.76. The van der Waals surface area contributed by atoms with Crippen LogP contribution in [0.25, 0.3) is 10.8 Å². The molecule has 3 nitrogen and oxygen atoms in total. The predicted octanol–water partition coefficient (Wildman–Crippen LogP) is 5.96. The fraction of sp³-hybridized carbons (Fsp3) is 0.0556. The number of hydrogen-bond donors (Lipinski definition) is 1. The summed E-state index contributed by atoms with van der Waals surface area (Å²) in [5.41, 5.74) is 0.409. The summed E-state index contributed by atoms with van der Waals surface area (Å²) in [6.07, 6.45) is -3.50. The van der Waals surface area contributed by atoms with Crippen molar-refractivity contribution in [2.45, 2.75) is 6.36 Å². The maximum atomic E-state index is 12.6. The summed E-state index contributed by atoms with van der Waals surface area (Å²) in [4.78, 5) is 4.08. The van der Waals surface area contributed by atoms with E-state index in [0.29, 0.717) is 10.0 Å². The van der Waals surface area contributed by atoms with Gasteiger partial charge in [0.05, 0.1) is 0 Å². The van der Waals surface area contributed by atoms with Crippen LogP contribution in [-0.2, 0) is 0 Å². The Labute approximate surface area is 149 Å². The molecule has 25 heavy (non-hydrogen) atoms. The molecule has 0 radical (unpaired) electrons. The topological polar surface area (TPSA) is 41.8 Å². The first-order valence-corrected chi connectivity index (χ1v) is 7.93. The first kappa shape index (κ1) is 17.3. The number of phenols is 1. The van der Waals surface area contributed by atoms with Gasteiger partial charge in [-0.1, -0.05) is 46.3 Å². The normalized spacial score (nSPS) is 12.0. The molecular formula is C18H11BrF3NO2. The Kier molecular flexibility index (Phi) is 4.67. The van der Waals surface area contributed by atoms with E-state index in [9.17, 15) is 18.3 Å². The van der Waals surface area contributed by atoms with Crippen LogP contribution >= 0.6 is 15.9 Å². The largest absolute Gasteiger partial charge is 0.573 e. The number of halogens is 4. The van der Waals surface area contributed by atoms with Crippen molar-refractivity contribution < 1.29 is 23.0 Å². The monoisotopic (exact) mass is 409 g/mol. The third-order valence-corrected chi connectivity index (χ3v) is 3.92. The van der Waals surface area contributed by atoms with Crippen LogP contribution in [0, 0.1) is 0 Å². The average molecular weight is 410 g/mol. The van der Waals surface area contributed by atoms with Gasteiger partial charge in [-0.3, -0.25) is 4.99 Å². The molecule has 3 aromatic rings. The molecule has 0 aromatic heterocycles. The molecule has 0 aliphatic carbocycles. The molecule has 0 atom stereocenters. The molecule has 3 aromatic carbocycles. The van der Waals surface area contributed by atoms with Gasteiger partial charge in [0.15, 0.2) is 5.75 Å². The van der Waals surface area contributed by atoms with Gasteiger partial charge in [-0.25, -0.2) is 0 Å². The summed E-state index contributed by atoms with van der Waals surface area (Å²) >= 11 is 3.10. The number of rotatable bonds is 3. The van der Waals surface area contributed by atoms with Crippen molar-refractivity contribution in [2.24, 2.45) is 4.99 Å². The van der Waals surface area contributed by atoms with E-state index in [1.54, 1.807) is 24.3 Å². The third kappa shape index (κ3) is 4.11. The van der Waals surface area contributed by atoms with Gasteiger partial charge in [0, 0.05) is 16.3 Å². The van der Waals surface area contributed by atoms with Crippen molar-refractivity contribution in [3.63, 3.8) is 0 Å². The Morgan fingerprint density at radius 2 is 1.80 bits per heavy atom. The lowest BCUT2D eigenvalue weighted by Gasteiger charge is -2.11. The molecule has 0 spiro atoms. The zero-order valence-corrected chi connectivity index (χ0v) is 14.2. The summed E-state index contributed by atoms with van der Waals surface area (Å²) in [5, 5.41) is 11.7. The highest BCUT2D eigenvalue weighted by Gasteiger charge is 2.32. The summed E-state index contributed by atoms with van der Waals surface area (Å²) in [5.74, 6) is -0.448. The molecule has 1 N–H and O–H groups in total. The van der Waals surface area contributed by atoms with E-state index in [1.807, 2.05) is 12.1 Å². The van der Waals surface area contributed by atoms with Gasteiger partial charge in [0.25, 0.3) is 0 Å². The Balaban J connectivity index is 2.05. The molecule has 0 fully saturated rings. The fourth-order valence-corrected chi connectivity index (χ4v) is 2.69. The van der Waals surface area contributed by atoms with Gasteiger partial charge in [-0.05, 0) is 35.0 Å². The number of fused-ring (bicyclic) bond motifs is 1. The molecule has 0 bridgehead atoms. The van der Waals surface area contributed by atoms with E-state index in [0.717, 1.165) is 10.8 Å². The number of hydrogen-bond acceptors (Lipinski definition) is 3. The second-order valence-corrected chi connectivity index (χ2v) is 6.05. The lowest BCUT2D eigenvalue weighted by Crippen LogP contribution is -2.17. The highest BCUT2D eigenvalue weighted by atomic mass is 79.9. The van der Waals surface area contributed by atoms with Crippen LogP contribution in [0.5, 0.6) is 11.5 Å². The SMILES string of the molecule is Oc1ccc2ccccc2c1C=Nc1ccc(Br)cc1OC(F)(F)F. The molecule has 3 rings (SSSR count). The fourth-order valence-electron chi connectivity index (χ4n) is 2.35. The van der Waals surface area contributed by atoms with Gasteiger partial charge in [0.1, 0.15) is 11.4 Å². The molecule has 0 unspecified atom stereocenters. The number of ether oxygens (including phenoxy) is 1. The average Bonchev–Trinajstić information content (AvgIpc) is 2.54. The number of aromatic hydroxyl groups is 1. The van der Waals surface area contributed by atoms with Crippen LogP contribution in [0.3, 0.4) is 0 Å². The summed E-state index contributed by atoms with van der Waals surface area (Å²) in [6.45, 7) is 0.